The summed E-state index contributed by atoms with van der Waals surface area (Å²) in [7, 11) is 3.20. The molecular formula is C18H22N4O3. The first-order valence-electron chi connectivity index (χ1n) is 8.23. The second-order valence-electron chi connectivity index (χ2n) is 5.83. The SMILES string of the molecule is COc1ccc(CC(=O)N2CCN(c3ccc(OC)nn3)CC2)cc1. The van der Waals surface area contributed by atoms with Crippen molar-refractivity contribution in [2.45, 2.75) is 6.42 Å². The van der Waals surface area contributed by atoms with Gasteiger partial charge in [-0.1, -0.05) is 12.1 Å². The van der Waals surface area contributed by atoms with Gasteiger partial charge in [0.25, 0.3) is 0 Å². The summed E-state index contributed by atoms with van der Waals surface area (Å²) in [5.41, 5.74) is 0.995. The predicted octanol–water partition coefficient (Wildman–Crippen LogP) is 1.39. The summed E-state index contributed by atoms with van der Waals surface area (Å²) >= 11 is 0. The molecule has 1 amide bonds. The Morgan fingerprint density at radius 3 is 2.24 bits per heavy atom. The molecule has 2 heterocycles. The number of hydrogen-bond acceptors (Lipinski definition) is 6. The highest BCUT2D eigenvalue weighted by Crippen LogP contribution is 2.16. The molecule has 0 N–H and O–H groups in total. The second kappa shape index (κ2) is 7.83. The van der Waals surface area contributed by atoms with Crippen molar-refractivity contribution in [2.75, 3.05) is 45.3 Å². The second-order valence-corrected chi connectivity index (χ2v) is 5.83. The van der Waals surface area contributed by atoms with Gasteiger partial charge in [0.05, 0.1) is 20.6 Å². The average molecular weight is 342 g/mol. The van der Waals surface area contributed by atoms with Crippen LogP contribution in [-0.4, -0.2) is 61.4 Å². The molecule has 1 aliphatic rings. The van der Waals surface area contributed by atoms with E-state index < -0.39 is 0 Å². The number of ether oxygens (including phenoxy) is 2. The molecule has 2 aromatic rings. The Kier molecular flexibility index (Phi) is 5.33. The monoisotopic (exact) mass is 342 g/mol. The van der Waals surface area contributed by atoms with E-state index in [1.54, 1.807) is 20.3 Å². The molecule has 0 radical (unpaired) electrons. The van der Waals surface area contributed by atoms with Crippen molar-refractivity contribution in [2.24, 2.45) is 0 Å². The maximum atomic E-state index is 12.5. The number of anilines is 1. The lowest BCUT2D eigenvalue weighted by molar-refractivity contribution is -0.130. The fourth-order valence-corrected chi connectivity index (χ4v) is 2.81. The number of amides is 1. The van der Waals surface area contributed by atoms with Gasteiger partial charge in [-0.05, 0) is 23.8 Å². The average Bonchev–Trinajstić information content (AvgIpc) is 2.69. The molecule has 0 saturated carbocycles. The van der Waals surface area contributed by atoms with Crippen molar-refractivity contribution in [3.8, 4) is 11.6 Å². The first-order valence-corrected chi connectivity index (χ1v) is 8.23. The number of aromatic nitrogens is 2. The minimum Gasteiger partial charge on any atom is -0.497 e. The largest absolute Gasteiger partial charge is 0.497 e. The van der Waals surface area contributed by atoms with Gasteiger partial charge in [-0.2, -0.15) is 0 Å². The molecule has 1 fully saturated rings. The van der Waals surface area contributed by atoms with Crippen LogP contribution in [0.5, 0.6) is 11.6 Å². The zero-order valence-corrected chi connectivity index (χ0v) is 14.5. The predicted molar refractivity (Wildman–Crippen MR) is 94.1 cm³/mol. The number of rotatable bonds is 5. The van der Waals surface area contributed by atoms with Gasteiger partial charge in [0.2, 0.25) is 11.8 Å². The van der Waals surface area contributed by atoms with Gasteiger partial charge in [-0.15, -0.1) is 10.2 Å². The van der Waals surface area contributed by atoms with Gasteiger partial charge in [0, 0.05) is 32.2 Å². The van der Waals surface area contributed by atoms with Crippen molar-refractivity contribution in [3.05, 3.63) is 42.0 Å². The molecule has 132 valence electrons. The van der Waals surface area contributed by atoms with Crippen molar-refractivity contribution >= 4 is 11.7 Å². The van der Waals surface area contributed by atoms with Crippen LogP contribution in [0.4, 0.5) is 5.82 Å². The summed E-state index contributed by atoms with van der Waals surface area (Å²) in [4.78, 5) is 16.5. The lowest BCUT2D eigenvalue weighted by Crippen LogP contribution is -2.49. The fraction of sp³-hybridized carbons (Fsp3) is 0.389. The zero-order valence-electron chi connectivity index (χ0n) is 14.5. The Bertz CT molecular complexity index is 695. The number of carbonyl (C=O) groups is 1. The van der Waals surface area contributed by atoms with E-state index in [2.05, 4.69) is 15.1 Å². The number of methoxy groups -OCH3 is 2. The molecule has 1 aliphatic heterocycles. The van der Waals surface area contributed by atoms with Gasteiger partial charge in [0.15, 0.2) is 5.82 Å². The van der Waals surface area contributed by atoms with Crippen LogP contribution in [0.2, 0.25) is 0 Å². The molecular weight excluding hydrogens is 320 g/mol. The fourth-order valence-electron chi connectivity index (χ4n) is 2.81. The molecule has 0 bridgehead atoms. The smallest absolute Gasteiger partial charge is 0.233 e. The minimum absolute atomic E-state index is 0.144. The molecule has 1 aromatic heterocycles. The van der Waals surface area contributed by atoms with Crippen molar-refractivity contribution in [1.82, 2.24) is 15.1 Å². The van der Waals surface area contributed by atoms with Gasteiger partial charge in [-0.25, -0.2) is 0 Å². The summed E-state index contributed by atoms with van der Waals surface area (Å²) < 4.78 is 10.2. The quantitative estimate of drug-likeness (QED) is 0.818. The van der Waals surface area contributed by atoms with Crippen LogP contribution in [0.1, 0.15) is 5.56 Å². The minimum atomic E-state index is 0.144. The Labute approximate surface area is 147 Å². The van der Waals surface area contributed by atoms with Crippen molar-refractivity contribution < 1.29 is 14.3 Å². The number of carbonyl (C=O) groups excluding carboxylic acids is 1. The van der Waals surface area contributed by atoms with Crippen LogP contribution < -0.4 is 14.4 Å². The van der Waals surface area contributed by atoms with E-state index in [-0.39, 0.29) is 5.91 Å². The van der Waals surface area contributed by atoms with Crippen LogP contribution in [0.25, 0.3) is 0 Å². The highest BCUT2D eigenvalue weighted by molar-refractivity contribution is 5.79. The first kappa shape index (κ1) is 17.0. The Balaban J connectivity index is 1.52. The molecule has 0 aliphatic carbocycles. The third-order valence-corrected chi connectivity index (χ3v) is 4.31. The highest BCUT2D eigenvalue weighted by Gasteiger charge is 2.22. The lowest BCUT2D eigenvalue weighted by Gasteiger charge is -2.35. The van der Waals surface area contributed by atoms with Crippen molar-refractivity contribution in [3.63, 3.8) is 0 Å². The van der Waals surface area contributed by atoms with E-state index in [4.69, 9.17) is 9.47 Å². The summed E-state index contributed by atoms with van der Waals surface area (Å²) in [6, 6.07) is 11.3. The van der Waals surface area contributed by atoms with E-state index in [1.165, 1.54) is 0 Å². The molecule has 3 rings (SSSR count). The molecule has 1 aromatic carbocycles. The molecule has 7 heteroatoms. The van der Waals surface area contributed by atoms with E-state index in [9.17, 15) is 4.79 Å². The highest BCUT2D eigenvalue weighted by atomic mass is 16.5. The maximum Gasteiger partial charge on any atom is 0.233 e. The van der Waals surface area contributed by atoms with Gasteiger partial charge in [-0.3, -0.25) is 4.79 Å². The first-order chi connectivity index (χ1) is 12.2. The van der Waals surface area contributed by atoms with E-state index in [1.807, 2.05) is 35.2 Å². The number of benzene rings is 1. The summed E-state index contributed by atoms with van der Waals surface area (Å²) in [5, 5.41) is 8.15. The maximum absolute atomic E-state index is 12.5. The van der Waals surface area contributed by atoms with Gasteiger partial charge in [0.1, 0.15) is 5.75 Å². The topological polar surface area (TPSA) is 67.8 Å². The third-order valence-electron chi connectivity index (χ3n) is 4.31. The number of nitrogens with zero attached hydrogens (tertiary/aromatic N) is 4. The molecule has 7 nitrogen and oxygen atoms in total. The van der Waals surface area contributed by atoms with E-state index in [0.29, 0.717) is 25.4 Å². The van der Waals surface area contributed by atoms with Crippen LogP contribution >= 0.6 is 0 Å². The standard InChI is InChI=1S/C18H22N4O3/c1-24-15-5-3-14(4-6-15)13-18(23)22-11-9-21(10-12-22)16-7-8-17(25-2)20-19-16/h3-8H,9-13H2,1-2H3. The van der Waals surface area contributed by atoms with E-state index in [0.717, 1.165) is 30.2 Å². The lowest BCUT2D eigenvalue weighted by atomic mass is 10.1. The van der Waals surface area contributed by atoms with E-state index >= 15 is 0 Å². The van der Waals surface area contributed by atoms with Crippen molar-refractivity contribution in [1.29, 1.82) is 0 Å². The Morgan fingerprint density at radius 1 is 0.960 bits per heavy atom. The molecule has 0 spiro atoms. The molecule has 0 unspecified atom stereocenters. The molecule has 0 atom stereocenters. The van der Waals surface area contributed by atoms with Crippen LogP contribution in [0.3, 0.4) is 0 Å². The molecule has 1 saturated heterocycles. The molecule has 25 heavy (non-hydrogen) atoms. The number of piperazine rings is 1. The zero-order chi connectivity index (χ0) is 17.6. The van der Waals surface area contributed by atoms with Crippen LogP contribution in [0, 0.1) is 0 Å². The Hall–Kier alpha value is -2.83. The summed E-state index contributed by atoms with van der Waals surface area (Å²) in [6.07, 6.45) is 0.409. The van der Waals surface area contributed by atoms with Gasteiger partial charge >= 0.3 is 0 Å². The normalized spacial score (nSPS) is 14.3. The summed E-state index contributed by atoms with van der Waals surface area (Å²) in [5.74, 6) is 2.25. The number of hydrogen-bond donors (Lipinski definition) is 0. The third kappa shape index (κ3) is 4.17. The van der Waals surface area contributed by atoms with Crippen LogP contribution in [-0.2, 0) is 11.2 Å². The van der Waals surface area contributed by atoms with Crippen LogP contribution in [0.15, 0.2) is 36.4 Å². The summed E-state index contributed by atoms with van der Waals surface area (Å²) in [6.45, 7) is 2.86. The van der Waals surface area contributed by atoms with Gasteiger partial charge < -0.3 is 19.3 Å². The Morgan fingerprint density at radius 2 is 1.68 bits per heavy atom.